The lowest BCUT2D eigenvalue weighted by atomic mass is 10.1. The van der Waals surface area contributed by atoms with Gasteiger partial charge in [-0.25, -0.2) is 0 Å². The molecule has 0 spiro atoms. The Morgan fingerprint density at radius 3 is 2.26 bits per heavy atom. The third kappa shape index (κ3) is 6.61. The van der Waals surface area contributed by atoms with Crippen LogP contribution in [0.4, 0.5) is 11.4 Å². The Labute approximate surface area is 228 Å². The van der Waals surface area contributed by atoms with Gasteiger partial charge in [-0.1, -0.05) is 30.3 Å². The van der Waals surface area contributed by atoms with E-state index in [1.54, 1.807) is 30.6 Å². The van der Waals surface area contributed by atoms with Crippen molar-refractivity contribution in [2.24, 2.45) is 0 Å². The van der Waals surface area contributed by atoms with Gasteiger partial charge in [0.2, 0.25) is 5.91 Å². The molecule has 0 aliphatic carbocycles. The van der Waals surface area contributed by atoms with Crippen molar-refractivity contribution in [3.63, 3.8) is 0 Å². The molecule has 202 valence electrons. The summed E-state index contributed by atoms with van der Waals surface area (Å²) in [4.78, 5) is 49.3. The molecule has 1 aromatic heterocycles. The Hall–Kier alpha value is -4.24. The van der Waals surface area contributed by atoms with Crippen LogP contribution in [0, 0.1) is 0 Å². The highest BCUT2D eigenvalue weighted by Gasteiger charge is 2.24. The standard InChI is InChI=1S/C30H34N6O3/c37-28(21-23-5-2-1-3-6-23)33-26-22-25(30(39)36-17-13-32-14-18-36)7-8-27(26)34-15-4-16-35(20-19-34)29(38)24-9-11-31-12-10-24/h1-3,5-12,22,32H,4,13-21H2,(H,33,37). The van der Waals surface area contributed by atoms with Crippen LogP contribution in [0.25, 0.3) is 0 Å². The third-order valence-corrected chi connectivity index (χ3v) is 7.18. The van der Waals surface area contributed by atoms with Crippen LogP contribution in [-0.2, 0) is 11.2 Å². The zero-order chi connectivity index (χ0) is 27.0. The van der Waals surface area contributed by atoms with Crippen LogP contribution in [0.15, 0.2) is 73.1 Å². The fourth-order valence-corrected chi connectivity index (χ4v) is 5.11. The molecule has 9 heteroatoms. The van der Waals surface area contributed by atoms with Gasteiger partial charge in [-0.3, -0.25) is 19.4 Å². The average molecular weight is 527 g/mol. The summed E-state index contributed by atoms with van der Waals surface area (Å²) in [7, 11) is 0. The van der Waals surface area contributed by atoms with Gasteiger partial charge in [-0.05, 0) is 42.3 Å². The smallest absolute Gasteiger partial charge is 0.254 e. The molecule has 2 aromatic carbocycles. The number of anilines is 2. The number of nitrogens with zero attached hydrogens (tertiary/aromatic N) is 4. The summed E-state index contributed by atoms with van der Waals surface area (Å²) in [5.74, 6) is -0.183. The highest BCUT2D eigenvalue weighted by Crippen LogP contribution is 2.29. The van der Waals surface area contributed by atoms with Crippen molar-refractivity contribution in [3.05, 3.63) is 89.7 Å². The number of piperazine rings is 1. The second-order valence-electron chi connectivity index (χ2n) is 9.85. The summed E-state index contributed by atoms with van der Waals surface area (Å²) in [6.07, 6.45) is 4.29. The van der Waals surface area contributed by atoms with Crippen molar-refractivity contribution in [1.82, 2.24) is 20.1 Å². The number of nitrogens with one attached hydrogen (secondary N) is 2. The molecule has 0 saturated carbocycles. The van der Waals surface area contributed by atoms with Crippen molar-refractivity contribution in [2.45, 2.75) is 12.8 Å². The Bertz CT molecular complexity index is 1290. The summed E-state index contributed by atoms with van der Waals surface area (Å²) in [6.45, 7) is 5.40. The SMILES string of the molecule is O=C(Cc1ccccc1)Nc1cc(C(=O)N2CCNCC2)ccc1N1CCCN(C(=O)c2ccncc2)CC1. The highest BCUT2D eigenvalue weighted by atomic mass is 16.2. The molecule has 0 atom stereocenters. The third-order valence-electron chi connectivity index (χ3n) is 7.18. The van der Waals surface area contributed by atoms with Gasteiger partial charge in [0.05, 0.1) is 17.8 Å². The molecule has 2 N–H and O–H groups in total. The van der Waals surface area contributed by atoms with Crippen molar-refractivity contribution >= 4 is 29.1 Å². The van der Waals surface area contributed by atoms with E-state index in [9.17, 15) is 14.4 Å². The number of hydrogen-bond donors (Lipinski definition) is 2. The summed E-state index contributed by atoms with van der Waals surface area (Å²) < 4.78 is 0. The minimum absolute atomic E-state index is 0.00685. The Morgan fingerprint density at radius 2 is 1.49 bits per heavy atom. The minimum Gasteiger partial charge on any atom is -0.368 e. The van der Waals surface area contributed by atoms with Gasteiger partial charge < -0.3 is 25.3 Å². The van der Waals surface area contributed by atoms with Crippen molar-refractivity contribution < 1.29 is 14.4 Å². The van der Waals surface area contributed by atoms with Gasteiger partial charge >= 0.3 is 0 Å². The first-order valence-corrected chi connectivity index (χ1v) is 13.5. The van der Waals surface area contributed by atoms with Crippen LogP contribution in [0.1, 0.15) is 32.7 Å². The van der Waals surface area contributed by atoms with Gasteiger partial charge in [-0.15, -0.1) is 0 Å². The van der Waals surface area contributed by atoms with Crippen LogP contribution in [0.2, 0.25) is 0 Å². The maximum absolute atomic E-state index is 13.2. The first-order chi connectivity index (χ1) is 19.1. The number of rotatable bonds is 6. The van der Waals surface area contributed by atoms with Crippen LogP contribution in [0.3, 0.4) is 0 Å². The zero-order valence-electron chi connectivity index (χ0n) is 22.0. The molecule has 3 aromatic rings. The summed E-state index contributed by atoms with van der Waals surface area (Å²) >= 11 is 0. The number of carbonyl (C=O) groups is 3. The van der Waals surface area contributed by atoms with Crippen molar-refractivity contribution in [3.8, 4) is 0 Å². The zero-order valence-corrected chi connectivity index (χ0v) is 22.0. The average Bonchev–Trinajstić information content (AvgIpc) is 3.24. The van der Waals surface area contributed by atoms with Crippen molar-refractivity contribution in [2.75, 3.05) is 62.6 Å². The molecule has 2 saturated heterocycles. The molecule has 39 heavy (non-hydrogen) atoms. The maximum Gasteiger partial charge on any atom is 0.254 e. The Balaban J connectivity index is 1.36. The van der Waals surface area contributed by atoms with E-state index in [0.29, 0.717) is 49.5 Å². The first-order valence-electron chi connectivity index (χ1n) is 13.5. The predicted molar refractivity (Wildman–Crippen MR) is 151 cm³/mol. The summed E-state index contributed by atoms with van der Waals surface area (Å²) in [5.41, 5.74) is 3.57. The minimum atomic E-state index is -0.140. The van der Waals surface area contributed by atoms with E-state index in [2.05, 4.69) is 20.5 Å². The van der Waals surface area contributed by atoms with E-state index in [1.807, 2.05) is 52.3 Å². The largest absolute Gasteiger partial charge is 0.368 e. The quantitative estimate of drug-likeness (QED) is 0.513. The van der Waals surface area contributed by atoms with E-state index in [4.69, 9.17) is 0 Å². The summed E-state index contributed by atoms with van der Waals surface area (Å²) in [5, 5.41) is 6.36. The molecule has 2 fully saturated rings. The second kappa shape index (κ2) is 12.5. The first kappa shape index (κ1) is 26.4. The fourth-order valence-electron chi connectivity index (χ4n) is 5.11. The van der Waals surface area contributed by atoms with E-state index >= 15 is 0 Å². The molecule has 2 aliphatic rings. The number of carbonyl (C=O) groups excluding carboxylic acids is 3. The monoisotopic (exact) mass is 526 g/mol. The lowest BCUT2D eigenvalue weighted by molar-refractivity contribution is -0.115. The number of aromatic nitrogens is 1. The van der Waals surface area contributed by atoms with Crippen LogP contribution in [-0.4, -0.2) is 84.9 Å². The Morgan fingerprint density at radius 1 is 0.769 bits per heavy atom. The number of amides is 3. The molecule has 2 aliphatic heterocycles. The van der Waals surface area contributed by atoms with E-state index in [1.165, 1.54) is 0 Å². The second-order valence-corrected chi connectivity index (χ2v) is 9.85. The molecule has 9 nitrogen and oxygen atoms in total. The molecule has 3 heterocycles. The molecule has 0 unspecified atom stereocenters. The molecule has 0 bridgehead atoms. The van der Waals surface area contributed by atoms with E-state index in [-0.39, 0.29) is 24.1 Å². The lowest BCUT2D eigenvalue weighted by Gasteiger charge is -2.29. The van der Waals surface area contributed by atoms with Crippen LogP contribution in [0.5, 0.6) is 0 Å². The maximum atomic E-state index is 13.2. The normalized spacial score (nSPS) is 15.9. The van der Waals surface area contributed by atoms with Crippen molar-refractivity contribution in [1.29, 1.82) is 0 Å². The topological polar surface area (TPSA) is 97.9 Å². The van der Waals surface area contributed by atoms with E-state index < -0.39 is 0 Å². The predicted octanol–water partition coefficient (Wildman–Crippen LogP) is 2.66. The lowest BCUT2D eigenvalue weighted by Crippen LogP contribution is -2.46. The Kier molecular flexibility index (Phi) is 8.48. The molecule has 3 amide bonds. The number of pyridine rings is 1. The number of hydrogen-bond acceptors (Lipinski definition) is 6. The summed E-state index contributed by atoms with van der Waals surface area (Å²) in [6, 6.07) is 18.6. The molecular formula is C30H34N6O3. The van der Waals surface area contributed by atoms with Gasteiger partial charge in [0.1, 0.15) is 0 Å². The number of benzene rings is 2. The molecule has 0 radical (unpaired) electrons. The fraction of sp³-hybridized carbons (Fsp3) is 0.333. The van der Waals surface area contributed by atoms with Gasteiger partial charge in [0.25, 0.3) is 11.8 Å². The highest BCUT2D eigenvalue weighted by molar-refractivity contribution is 6.00. The van der Waals surface area contributed by atoms with Gasteiger partial charge in [0, 0.05) is 75.9 Å². The van der Waals surface area contributed by atoms with Gasteiger partial charge in [-0.2, -0.15) is 0 Å². The van der Waals surface area contributed by atoms with Gasteiger partial charge in [0.15, 0.2) is 0 Å². The molecule has 5 rings (SSSR count). The van der Waals surface area contributed by atoms with Crippen LogP contribution < -0.4 is 15.5 Å². The van der Waals surface area contributed by atoms with Crippen LogP contribution >= 0.6 is 0 Å². The molecular weight excluding hydrogens is 492 g/mol. The van der Waals surface area contributed by atoms with E-state index in [0.717, 1.165) is 37.3 Å².